The third-order valence-corrected chi connectivity index (χ3v) is 3.59. The van der Waals surface area contributed by atoms with Crippen LogP contribution in [0.25, 0.3) is 0 Å². The van der Waals surface area contributed by atoms with Crippen molar-refractivity contribution in [2.24, 2.45) is 0 Å². The van der Waals surface area contributed by atoms with Crippen LogP contribution in [0.3, 0.4) is 0 Å². The van der Waals surface area contributed by atoms with Gasteiger partial charge in [0.05, 0.1) is 11.6 Å². The highest BCUT2D eigenvalue weighted by atomic mass is 35.5. The largest absolute Gasteiger partial charge is 0.329 e. The Hall–Kier alpha value is -1.07. The van der Waals surface area contributed by atoms with Gasteiger partial charge in [-0.3, -0.25) is 14.3 Å². The quantitative estimate of drug-likeness (QED) is 0.791. The number of rotatable bonds is 2. The van der Waals surface area contributed by atoms with Crippen molar-refractivity contribution < 1.29 is 0 Å². The number of H-pyrrole nitrogens is 1. The summed E-state index contributed by atoms with van der Waals surface area (Å²) in [6.45, 7) is 3.49. The van der Waals surface area contributed by atoms with Crippen LogP contribution in [0.4, 0.5) is 0 Å². The Bertz CT molecular complexity index is 534. The molecule has 1 N–H and O–H groups in total. The van der Waals surface area contributed by atoms with Crippen LogP contribution in [0.2, 0.25) is 5.15 Å². The van der Waals surface area contributed by atoms with E-state index < -0.39 is 5.69 Å². The molecular weight excluding hydrogens is 242 g/mol. The molecule has 94 valence electrons. The number of hydrogen-bond donors (Lipinski definition) is 1. The molecule has 0 spiro atoms. The average molecular weight is 258 g/mol. The Kier molecular flexibility index (Phi) is 3.40. The first-order valence-corrected chi connectivity index (χ1v) is 6.14. The number of likely N-dealkylation sites (tertiary alicyclic amines) is 1. The lowest BCUT2D eigenvalue weighted by Gasteiger charge is -2.14. The second kappa shape index (κ2) is 4.66. The fourth-order valence-corrected chi connectivity index (χ4v) is 2.62. The van der Waals surface area contributed by atoms with E-state index in [-0.39, 0.29) is 16.8 Å². The van der Waals surface area contributed by atoms with Gasteiger partial charge in [-0.2, -0.15) is 0 Å². The van der Waals surface area contributed by atoms with Crippen molar-refractivity contribution in [1.82, 2.24) is 14.5 Å². The molecule has 1 fully saturated rings. The Morgan fingerprint density at radius 3 is 2.71 bits per heavy atom. The van der Waals surface area contributed by atoms with E-state index in [2.05, 4.69) is 9.88 Å². The van der Waals surface area contributed by atoms with Crippen LogP contribution in [-0.2, 0) is 6.42 Å². The highest BCUT2D eigenvalue weighted by Gasteiger charge is 2.25. The number of nitrogens with one attached hydrogen (secondary N) is 1. The number of aromatic amines is 1. The molecule has 1 aromatic heterocycles. The number of nitrogens with zero attached hydrogens (tertiary/aromatic N) is 2. The van der Waals surface area contributed by atoms with Crippen LogP contribution in [0.1, 0.15) is 24.9 Å². The van der Waals surface area contributed by atoms with Crippen molar-refractivity contribution in [3.05, 3.63) is 31.6 Å². The minimum absolute atomic E-state index is 0.0428. The molecule has 5 nitrogen and oxygen atoms in total. The fourth-order valence-electron chi connectivity index (χ4n) is 2.32. The number of likely N-dealkylation sites (N-methyl/N-ethyl adjacent to an activating group) is 1. The summed E-state index contributed by atoms with van der Waals surface area (Å²) in [6.07, 6.45) is 1.35. The second-order valence-electron chi connectivity index (χ2n) is 4.46. The van der Waals surface area contributed by atoms with Gasteiger partial charge in [0.1, 0.15) is 5.15 Å². The molecule has 1 aliphatic rings. The summed E-state index contributed by atoms with van der Waals surface area (Å²) in [6, 6.07) is -0.0428. The van der Waals surface area contributed by atoms with Crippen molar-refractivity contribution in [1.29, 1.82) is 0 Å². The molecule has 0 amide bonds. The predicted molar refractivity (Wildman–Crippen MR) is 66.9 cm³/mol. The van der Waals surface area contributed by atoms with Gasteiger partial charge >= 0.3 is 5.69 Å². The molecule has 1 unspecified atom stereocenters. The molecule has 6 heteroatoms. The summed E-state index contributed by atoms with van der Waals surface area (Å²) in [4.78, 5) is 28.7. The van der Waals surface area contributed by atoms with E-state index in [9.17, 15) is 9.59 Å². The SMILES string of the molecule is CCc1c(Cl)[nH]c(=O)n(C2CCN(C)C2)c1=O. The van der Waals surface area contributed by atoms with E-state index >= 15 is 0 Å². The molecule has 1 saturated heterocycles. The number of hydrogen-bond acceptors (Lipinski definition) is 3. The highest BCUT2D eigenvalue weighted by molar-refractivity contribution is 6.30. The molecule has 0 saturated carbocycles. The van der Waals surface area contributed by atoms with Crippen LogP contribution in [0.5, 0.6) is 0 Å². The zero-order valence-electron chi connectivity index (χ0n) is 9.99. The standard InChI is InChI=1S/C11H16ClN3O2/c1-3-8-9(12)13-11(17)15(10(8)16)7-4-5-14(2)6-7/h7H,3-6H2,1-2H3,(H,13,17). The molecule has 0 aliphatic carbocycles. The van der Waals surface area contributed by atoms with Crippen LogP contribution in [0, 0.1) is 0 Å². The summed E-state index contributed by atoms with van der Waals surface area (Å²) in [7, 11) is 1.98. The monoisotopic (exact) mass is 257 g/mol. The van der Waals surface area contributed by atoms with Gasteiger partial charge in [0, 0.05) is 6.54 Å². The van der Waals surface area contributed by atoms with Crippen LogP contribution < -0.4 is 11.2 Å². The normalized spacial score (nSPS) is 21.0. The molecule has 2 rings (SSSR count). The molecule has 2 heterocycles. The zero-order chi connectivity index (χ0) is 12.6. The third kappa shape index (κ3) is 2.17. The van der Waals surface area contributed by atoms with Crippen molar-refractivity contribution >= 4 is 11.6 Å². The summed E-state index contributed by atoms with van der Waals surface area (Å²) in [5, 5.41) is 0.171. The topological polar surface area (TPSA) is 58.1 Å². The Morgan fingerprint density at radius 1 is 1.47 bits per heavy atom. The second-order valence-corrected chi connectivity index (χ2v) is 4.83. The van der Waals surface area contributed by atoms with Crippen LogP contribution in [0.15, 0.2) is 9.59 Å². The van der Waals surface area contributed by atoms with E-state index in [0.29, 0.717) is 12.0 Å². The molecule has 1 aromatic rings. The van der Waals surface area contributed by atoms with E-state index in [1.54, 1.807) is 0 Å². The Labute approximate surface area is 104 Å². The van der Waals surface area contributed by atoms with Gasteiger partial charge in [0.15, 0.2) is 0 Å². The lowest BCUT2D eigenvalue weighted by Crippen LogP contribution is -2.40. The summed E-state index contributed by atoms with van der Waals surface area (Å²) < 4.78 is 1.31. The summed E-state index contributed by atoms with van der Waals surface area (Å²) in [5.41, 5.74) is -0.167. The Morgan fingerprint density at radius 2 is 2.18 bits per heavy atom. The van der Waals surface area contributed by atoms with E-state index in [1.807, 2.05) is 14.0 Å². The lowest BCUT2D eigenvalue weighted by molar-refractivity contribution is 0.385. The maximum Gasteiger partial charge on any atom is 0.329 e. The first-order valence-electron chi connectivity index (χ1n) is 5.76. The summed E-state index contributed by atoms with van der Waals surface area (Å²) in [5.74, 6) is 0. The lowest BCUT2D eigenvalue weighted by atomic mass is 10.2. The van der Waals surface area contributed by atoms with Gasteiger partial charge in [-0.05, 0) is 26.4 Å². The fraction of sp³-hybridized carbons (Fsp3) is 0.636. The molecular formula is C11H16ClN3O2. The van der Waals surface area contributed by atoms with Gasteiger partial charge in [0.25, 0.3) is 5.56 Å². The predicted octanol–water partition coefficient (Wildman–Crippen LogP) is 0.629. The maximum atomic E-state index is 12.2. The Balaban J connectivity index is 2.54. The van der Waals surface area contributed by atoms with Crippen molar-refractivity contribution in [2.75, 3.05) is 20.1 Å². The molecule has 17 heavy (non-hydrogen) atoms. The molecule has 0 aromatic carbocycles. The van der Waals surface area contributed by atoms with Crippen molar-refractivity contribution in [2.45, 2.75) is 25.8 Å². The van der Waals surface area contributed by atoms with E-state index in [1.165, 1.54) is 4.57 Å². The zero-order valence-corrected chi connectivity index (χ0v) is 10.8. The smallest absolute Gasteiger partial charge is 0.304 e. The minimum Gasteiger partial charge on any atom is -0.304 e. The third-order valence-electron chi connectivity index (χ3n) is 3.26. The highest BCUT2D eigenvalue weighted by Crippen LogP contribution is 2.17. The van der Waals surface area contributed by atoms with Crippen molar-refractivity contribution in [3.8, 4) is 0 Å². The number of aromatic nitrogens is 2. The average Bonchev–Trinajstić information content (AvgIpc) is 2.64. The molecule has 0 bridgehead atoms. The van der Waals surface area contributed by atoms with Crippen LogP contribution >= 0.6 is 11.6 Å². The first kappa shape index (κ1) is 12.4. The molecule has 0 radical (unpaired) electrons. The number of halogens is 1. The van der Waals surface area contributed by atoms with Crippen LogP contribution in [-0.4, -0.2) is 34.6 Å². The summed E-state index contributed by atoms with van der Waals surface area (Å²) >= 11 is 5.86. The first-order chi connectivity index (χ1) is 8.04. The van der Waals surface area contributed by atoms with Crippen molar-refractivity contribution in [3.63, 3.8) is 0 Å². The molecule has 1 aliphatic heterocycles. The maximum absolute atomic E-state index is 12.2. The van der Waals surface area contributed by atoms with Gasteiger partial charge in [0.2, 0.25) is 0 Å². The minimum atomic E-state index is -0.405. The van der Waals surface area contributed by atoms with Gasteiger partial charge in [-0.1, -0.05) is 18.5 Å². The van der Waals surface area contributed by atoms with Gasteiger partial charge < -0.3 is 4.90 Å². The molecule has 1 atom stereocenters. The van der Waals surface area contributed by atoms with E-state index in [0.717, 1.165) is 19.5 Å². The van der Waals surface area contributed by atoms with Gasteiger partial charge in [-0.15, -0.1) is 0 Å². The van der Waals surface area contributed by atoms with Gasteiger partial charge in [-0.25, -0.2) is 4.79 Å². The van der Waals surface area contributed by atoms with E-state index in [4.69, 9.17) is 11.6 Å².